The fourth-order valence-corrected chi connectivity index (χ4v) is 3.46. The lowest BCUT2D eigenvalue weighted by Gasteiger charge is -2.23. The Bertz CT molecular complexity index is 675. The topological polar surface area (TPSA) is 51.3 Å². The second-order valence-electron chi connectivity index (χ2n) is 5.99. The van der Waals surface area contributed by atoms with E-state index in [1.165, 1.54) is 0 Å². The number of rotatable bonds is 3. The van der Waals surface area contributed by atoms with Gasteiger partial charge in [-0.3, -0.25) is 4.79 Å². The van der Waals surface area contributed by atoms with Crippen molar-refractivity contribution in [2.45, 2.75) is 32.7 Å². The molecule has 0 spiro atoms. The van der Waals surface area contributed by atoms with Gasteiger partial charge in [-0.25, -0.2) is 0 Å². The average Bonchev–Trinajstić information content (AvgIpc) is 3.12. The van der Waals surface area contributed by atoms with Gasteiger partial charge in [0.25, 0.3) is 5.91 Å². The molecule has 22 heavy (non-hydrogen) atoms. The van der Waals surface area contributed by atoms with Crippen LogP contribution in [-0.2, 0) is 0 Å². The van der Waals surface area contributed by atoms with Gasteiger partial charge in [0.2, 0.25) is 0 Å². The Morgan fingerprint density at radius 2 is 2.00 bits per heavy atom. The van der Waals surface area contributed by atoms with Crippen molar-refractivity contribution in [1.82, 2.24) is 9.47 Å². The number of carbonyl (C=O) groups is 1. The summed E-state index contributed by atoms with van der Waals surface area (Å²) in [6, 6.07) is 12.3. The van der Waals surface area contributed by atoms with Crippen molar-refractivity contribution >= 4 is 5.91 Å². The molecule has 4 heteroatoms. The summed E-state index contributed by atoms with van der Waals surface area (Å²) in [5, 5.41) is 0. The number of hydrogen-bond acceptors (Lipinski definition) is 2. The van der Waals surface area contributed by atoms with Crippen molar-refractivity contribution in [1.29, 1.82) is 0 Å². The van der Waals surface area contributed by atoms with Gasteiger partial charge < -0.3 is 15.2 Å². The largest absolute Gasteiger partial charge is 0.334 e. The van der Waals surface area contributed by atoms with Crippen LogP contribution in [0.2, 0.25) is 0 Å². The molecule has 1 aromatic carbocycles. The van der Waals surface area contributed by atoms with E-state index in [1.807, 2.05) is 43.0 Å². The van der Waals surface area contributed by atoms with Crippen molar-refractivity contribution in [3.8, 4) is 5.69 Å². The second kappa shape index (κ2) is 5.97. The van der Waals surface area contributed by atoms with E-state index < -0.39 is 0 Å². The van der Waals surface area contributed by atoms with Crippen LogP contribution in [0.25, 0.3) is 5.69 Å². The molecule has 2 N–H and O–H groups in total. The number of hydrogen-bond donors (Lipinski definition) is 1. The first-order valence-corrected chi connectivity index (χ1v) is 7.89. The Morgan fingerprint density at radius 3 is 2.68 bits per heavy atom. The van der Waals surface area contributed by atoms with E-state index in [0.29, 0.717) is 6.54 Å². The zero-order valence-corrected chi connectivity index (χ0v) is 13.2. The number of nitrogens with zero attached hydrogens (tertiary/aromatic N) is 2. The van der Waals surface area contributed by atoms with Crippen LogP contribution in [-0.4, -0.2) is 34.5 Å². The fourth-order valence-electron chi connectivity index (χ4n) is 3.46. The zero-order chi connectivity index (χ0) is 15.7. The molecule has 0 bridgehead atoms. The molecular formula is C18H23N3O. The third kappa shape index (κ3) is 2.44. The first-order chi connectivity index (χ1) is 10.6. The molecule has 1 atom stereocenters. The zero-order valence-electron chi connectivity index (χ0n) is 13.2. The number of likely N-dealkylation sites (tertiary alicyclic amines) is 1. The number of carbonyl (C=O) groups excluding carboxylic acids is 1. The Morgan fingerprint density at radius 1 is 1.27 bits per heavy atom. The van der Waals surface area contributed by atoms with Crippen molar-refractivity contribution in [3.63, 3.8) is 0 Å². The summed E-state index contributed by atoms with van der Waals surface area (Å²) in [4.78, 5) is 14.8. The highest BCUT2D eigenvalue weighted by Crippen LogP contribution is 2.25. The molecule has 1 amide bonds. The van der Waals surface area contributed by atoms with E-state index in [4.69, 9.17) is 5.73 Å². The van der Waals surface area contributed by atoms with E-state index in [2.05, 4.69) is 16.7 Å². The minimum atomic E-state index is 0.114. The summed E-state index contributed by atoms with van der Waals surface area (Å²) in [5.74, 6) is 0.114. The summed E-state index contributed by atoms with van der Waals surface area (Å²) in [6.07, 6.45) is 2.06. The molecule has 3 rings (SSSR count). The van der Waals surface area contributed by atoms with Gasteiger partial charge >= 0.3 is 0 Å². The normalized spacial score (nSPS) is 18.0. The van der Waals surface area contributed by atoms with Crippen LogP contribution >= 0.6 is 0 Å². The van der Waals surface area contributed by atoms with Crippen LogP contribution < -0.4 is 5.73 Å². The second-order valence-corrected chi connectivity index (χ2v) is 5.99. The molecule has 1 aliphatic heterocycles. The third-order valence-corrected chi connectivity index (χ3v) is 4.59. The third-order valence-electron chi connectivity index (χ3n) is 4.59. The quantitative estimate of drug-likeness (QED) is 0.947. The molecule has 0 radical (unpaired) electrons. The highest BCUT2D eigenvalue weighted by Gasteiger charge is 2.30. The number of nitrogens with two attached hydrogens (primary N) is 1. The molecule has 1 fully saturated rings. The van der Waals surface area contributed by atoms with Crippen LogP contribution in [0.3, 0.4) is 0 Å². The summed E-state index contributed by atoms with van der Waals surface area (Å²) in [7, 11) is 0. The monoisotopic (exact) mass is 297 g/mol. The predicted molar refractivity (Wildman–Crippen MR) is 88.4 cm³/mol. The molecule has 2 heterocycles. The highest BCUT2D eigenvalue weighted by atomic mass is 16.2. The number of aryl methyl sites for hydroxylation is 1. The van der Waals surface area contributed by atoms with Crippen LogP contribution in [0, 0.1) is 13.8 Å². The molecule has 116 valence electrons. The van der Waals surface area contributed by atoms with Crippen LogP contribution in [0.15, 0.2) is 36.4 Å². The molecule has 1 aliphatic rings. The van der Waals surface area contributed by atoms with Crippen LogP contribution in [0.4, 0.5) is 0 Å². The number of benzene rings is 1. The van der Waals surface area contributed by atoms with Gasteiger partial charge in [-0.05, 0) is 44.9 Å². The molecule has 1 aromatic heterocycles. The molecule has 2 aromatic rings. The SMILES string of the molecule is Cc1cc(C(=O)N2CCCC2CN)c(C)n1-c1ccccc1. The van der Waals surface area contributed by atoms with Gasteiger partial charge in [0.15, 0.2) is 0 Å². The molecule has 1 unspecified atom stereocenters. The fraction of sp³-hybridized carbons (Fsp3) is 0.389. The minimum absolute atomic E-state index is 0.114. The van der Waals surface area contributed by atoms with E-state index in [1.54, 1.807) is 0 Å². The maximum atomic E-state index is 12.9. The van der Waals surface area contributed by atoms with Gasteiger partial charge in [0.1, 0.15) is 0 Å². The lowest BCUT2D eigenvalue weighted by Crippen LogP contribution is -2.40. The number of para-hydroxylation sites is 1. The minimum Gasteiger partial charge on any atom is -0.334 e. The summed E-state index contributed by atoms with van der Waals surface area (Å²) in [5.41, 5.74) is 9.77. The van der Waals surface area contributed by atoms with Gasteiger partial charge in [-0.1, -0.05) is 18.2 Å². The van der Waals surface area contributed by atoms with Crippen molar-refractivity contribution < 1.29 is 4.79 Å². The summed E-state index contributed by atoms with van der Waals surface area (Å²) < 4.78 is 2.14. The van der Waals surface area contributed by atoms with E-state index >= 15 is 0 Å². The van der Waals surface area contributed by atoms with E-state index in [0.717, 1.165) is 42.0 Å². The molecule has 4 nitrogen and oxygen atoms in total. The lowest BCUT2D eigenvalue weighted by molar-refractivity contribution is 0.0740. The smallest absolute Gasteiger partial charge is 0.255 e. The Hall–Kier alpha value is -2.07. The first kappa shape index (κ1) is 14.9. The highest BCUT2D eigenvalue weighted by molar-refractivity contribution is 5.96. The first-order valence-electron chi connectivity index (χ1n) is 7.89. The molecular weight excluding hydrogens is 274 g/mol. The molecule has 1 saturated heterocycles. The average molecular weight is 297 g/mol. The Labute approximate surface area is 131 Å². The van der Waals surface area contributed by atoms with Crippen molar-refractivity contribution in [3.05, 3.63) is 53.3 Å². The van der Waals surface area contributed by atoms with E-state index in [9.17, 15) is 4.79 Å². The Kier molecular flexibility index (Phi) is 4.03. The number of aromatic nitrogens is 1. The predicted octanol–water partition coefficient (Wildman–Crippen LogP) is 2.66. The van der Waals surface area contributed by atoms with Gasteiger partial charge in [-0.2, -0.15) is 0 Å². The summed E-state index contributed by atoms with van der Waals surface area (Å²) >= 11 is 0. The molecule has 0 aliphatic carbocycles. The molecule has 0 saturated carbocycles. The lowest BCUT2D eigenvalue weighted by atomic mass is 10.2. The summed E-state index contributed by atoms with van der Waals surface area (Å²) in [6.45, 7) is 5.42. The number of amides is 1. The van der Waals surface area contributed by atoms with Gasteiger partial charge in [0.05, 0.1) is 5.56 Å². The standard InChI is InChI=1S/C18H23N3O/c1-13-11-17(18(22)20-10-6-9-16(20)12-19)14(2)21(13)15-7-4-3-5-8-15/h3-5,7-8,11,16H,6,9-10,12,19H2,1-2H3. The Balaban J connectivity index is 1.98. The van der Waals surface area contributed by atoms with Crippen LogP contribution in [0.5, 0.6) is 0 Å². The van der Waals surface area contributed by atoms with Gasteiger partial charge in [-0.15, -0.1) is 0 Å². The maximum absolute atomic E-state index is 12.9. The van der Waals surface area contributed by atoms with Crippen molar-refractivity contribution in [2.75, 3.05) is 13.1 Å². The maximum Gasteiger partial charge on any atom is 0.255 e. The van der Waals surface area contributed by atoms with Crippen molar-refractivity contribution in [2.24, 2.45) is 5.73 Å². The van der Waals surface area contributed by atoms with E-state index in [-0.39, 0.29) is 11.9 Å². The van der Waals surface area contributed by atoms with Gasteiger partial charge in [0, 0.05) is 36.2 Å². The van der Waals surface area contributed by atoms with Crippen LogP contribution in [0.1, 0.15) is 34.6 Å².